The molecule has 1 aromatic rings. The summed E-state index contributed by atoms with van der Waals surface area (Å²) in [6.45, 7) is 2.11. The molecule has 0 aliphatic rings. The van der Waals surface area contributed by atoms with E-state index in [0.717, 1.165) is 0 Å². The quantitative estimate of drug-likeness (QED) is 0.779. The molecule has 1 atom stereocenters. The number of benzene rings is 1. The third-order valence-corrected chi connectivity index (χ3v) is 3.43. The third-order valence-electron chi connectivity index (χ3n) is 2.20. The van der Waals surface area contributed by atoms with Crippen LogP contribution in [-0.4, -0.2) is 28.5 Å². The van der Waals surface area contributed by atoms with Crippen LogP contribution in [0, 0.1) is 5.82 Å². The predicted octanol–water partition coefficient (Wildman–Crippen LogP) is 2.51. The van der Waals surface area contributed by atoms with E-state index in [1.54, 1.807) is 0 Å². The van der Waals surface area contributed by atoms with Gasteiger partial charge in [-0.15, -0.1) is 0 Å². The Morgan fingerprint density at radius 1 is 1.44 bits per heavy atom. The summed E-state index contributed by atoms with van der Waals surface area (Å²) < 4.78 is 12.6. The number of halogens is 1. The van der Waals surface area contributed by atoms with Gasteiger partial charge in [0.1, 0.15) is 5.82 Å². The van der Waals surface area contributed by atoms with Crippen molar-refractivity contribution >= 4 is 17.5 Å². The Morgan fingerprint density at radius 3 is 2.62 bits per heavy atom. The second kappa shape index (κ2) is 6.66. The van der Waals surface area contributed by atoms with Crippen LogP contribution in [0.3, 0.4) is 0 Å². The standard InChI is InChI=1S/C12H15FO2S/c1-9(6-7-14)16-8-12(15)10-2-4-11(13)5-3-10/h2-5,9,14H,6-8H2,1H3. The molecule has 4 heteroatoms. The number of carbonyl (C=O) groups excluding carboxylic acids is 1. The molecule has 1 rings (SSSR count). The summed E-state index contributed by atoms with van der Waals surface area (Å²) in [7, 11) is 0. The van der Waals surface area contributed by atoms with Crippen molar-refractivity contribution in [3.05, 3.63) is 35.6 Å². The molecule has 0 heterocycles. The maximum Gasteiger partial charge on any atom is 0.172 e. The molecule has 0 saturated heterocycles. The van der Waals surface area contributed by atoms with Crippen molar-refractivity contribution in [2.24, 2.45) is 0 Å². The minimum atomic E-state index is -0.335. The zero-order chi connectivity index (χ0) is 12.0. The number of hydrogen-bond donors (Lipinski definition) is 1. The average molecular weight is 242 g/mol. The van der Waals surface area contributed by atoms with E-state index in [4.69, 9.17) is 5.11 Å². The summed E-state index contributed by atoms with van der Waals surface area (Å²) in [6.07, 6.45) is 0.682. The summed E-state index contributed by atoms with van der Waals surface area (Å²) in [5.74, 6) is 0.0277. The number of rotatable bonds is 6. The molecule has 1 aromatic carbocycles. The monoisotopic (exact) mass is 242 g/mol. The van der Waals surface area contributed by atoms with Crippen LogP contribution in [0.4, 0.5) is 4.39 Å². The second-order valence-electron chi connectivity index (χ2n) is 3.56. The van der Waals surface area contributed by atoms with Crippen molar-refractivity contribution in [2.45, 2.75) is 18.6 Å². The fraction of sp³-hybridized carbons (Fsp3) is 0.417. The van der Waals surface area contributed by atoms with E-state index in [1.807, 2.05) is 6.92 Å². The van der Waals surface area contributed by atoms with E-state index >= 15 is 0 Å². The van der Waals surface area contributed by atoms with Gasteiger partial charge in [0.15, 0.2) is 5.78 Å². The topological polar surface area (TPSA) is 37.3 Å². The van der Waals surface area contributed by atoms with Gasteiger partial charge in [-0.25, -0.2) is 4.39 Å². The summed E-state index contributed by atoms with van der Waals surface area (Å²) in [6, 6.07) is 5.56. The first-order valence-electron chi connectivity index (χ1n) is 5.14. The van der Waals surface area contributed by atoms with Gasteiger partial charge in [-0.1, -0.05) is 6.92 Å². The molecular formula is C12H15FO2S. The van der Waals surface area contributed by atoms with Gasteiger partial charge < -0.3 is 5.11 Å². The smallest absolute Gasteiger partial charge is 0.172 e. The molecule has 1 N–H and O–H groups in total. The molecule has 0 aromatic heterocycles. The minimum absolute atomic E-state index is 0.00482. The van der Waals surface area contributed by atoms with Crippen LogP contribution in [0.1, 0.15) is 23.7 Å². The fourth-order valence-corrected chi connectivity index (χ4v) is 2.08. The highest BCUT2D eigenvalue weighted by molar-refractivity contribution is 8.00. The van der Waals surface area contributed by atoms with E-state index in [1.165, 1.54) is 36.0 Å². The Balaban J connectivity index is 2.43. The number of aliphatic hydroxyl groups excluding tert-OH is 1. The molecule has 0 aliphatic heterocycles. The SMILES string of the molecule is CC(CCO)SCC(=O)c1ccc(F)cc1. The molecule has 1 unspecified atom stereocenters. The molecule has 0 aliphatic carbocycles. The first kappa shape index (κ1) is 13.2. The Bertz CT molecular complexity index is 337. The number of Topliss-reactive ketones (excluding diaryl/α,β-unsaturated/α-hetero) is 1. The van der Waals surface area contributed by atoms with Gasteiger partial charge in [0.2, 0.25) is 0 Å². The molecule has 88 valence electrons. The first-order valence-corrected chi connectivity index (χ1v) is 6.19. The molecule has 0 radical (unpaired) electrons. The van der Waals surface area contributed by atoms with Crippen LogP contribution < -0.4 is 0 Å². The highest BCUT2D eigenvalue weighted by Gasteiger charge is 2.09. The second-order valence-corrected chi connectivity index (χ2v) is 4.99. The van der Waals surface area contributed by atoms with E-state index in [-0.39, 0.29) is 23.5 Å². The zero-order valence-electron chi connectivity index (χ0n) is 9.15. The highest BCUT2D eigenvalue weighted by atomic mass is 32.2. The van der Waals surface area contributed by atoms with Crippen molar-refractivity contribution in [3.63, 3.8) is 0 Å². The van der Waals surface area contributed by atoms with E-state index in [2.05, 4.69) is 0 Å². The summed E-state index contributed by atoms with van der Waals surface area (Å²) >= 11 is 1.50. The molecule has 0 spiro atoms. The highest BCUT2D eigenvalue weighted by Crippen LogP contribution is 2.15. The lowest BCUT2D eigenvalue weighted by Crippen LogP contribution is -2.07. The van der Waals surface area contributed by atoms with Crippen LogP contribution in [0.2, 0.25) is 0 Å². The van der Waals surface area contributed by atoms with Crippen molar-refractivity contribution < 1.29 is 14.3 Å². The number of carbonyl (C=O) groups is 1. The summed E-state index contributed by atoms with van der Waals surface area (Å²) in [4.78, 5) is 11.7. The average Bonchev–Trinajstić information content (AvgIpc) is 2.27. The molecule has 0 fully saturated rings. The van der Waals surface area contributed by atoms with Crippen molar-refractivity contribution in [1.29, 1.82) is 0 Å². The van der Waals surface area contributed by atoms with Gasteiger partial charge in [0.05, 0.1) is 5.75 Å². The zero-order valence-corrected chi connectivity index (χ0v) is 9.97. The van der Waals surface area contributed by atoms with Crippen LogP contribution in [0.25, 0.3) is 0 Å². The Hall–Kier alpha value is -0.870. The third kappa shape index (κ3) is 4.33. The molecular weight excluding hydrogens is 227 g/mol. The maximum atomic E-state index is 12.6. The Kier molecular flexibility index (Phi) is 5.49. The van der Waals surface area contributed by atoms with Crippen LogP contribution in [0.15, 0.2) is 24.3 Å². The fourth-order valence-electron chi connectivity index (χ4n) is 1.20. The van der Waals surface area contributed by atoms with E-state index < -0.39 is 0 Å². The van der Waals surface area contributed by atoms with Gasteiger partial charge in [0, 0.05) is 17.4 Å². The van der Waals surface area contributed by atoms with Gasteiger partial charge >= 0.3 is 0 Å². The Labute approximate surface area is 98.9 Å². The molecule has 0 amide bonds. The van der Waals surface area contributed by atoms with Crippen molar-refractivity contribution in [1.82, 2.24) is 0 Å². The summed E-state index contributed by atoms with van der Waals surface area (Å²) in [5, 5.41) is 8.97. The largest absolute Gasteiger partial charge is 0.396 e. The predicted molar refractivity (Wildman–Crippen MR) is 64.4 cm³/mol. The maximum absolute atomic E-state index is 12.6. The number of ketones is 1. The number of aliphatic hydroxyl groups is 1. The number of thioether (sulfide) groups is 1. The molecule has 2 nitrogen and oxygen atoms in total. The molecule has 16 heavy (non-hydrogen) atoms. The van der Waals surface area contributed by atoms with Gasteiger partial charge in [-0.05, 0) is 30.7 Å². The van der Waals surface area contributed by atoms with Gasteiger partial charge in [-0.2, -0.15) is 11.8 Å². The van der Waals surface area contributed by atoms with Crippen LogP contribution in [-0.2, 0) is 0 Å². The molecule has 0 bridgehead atoms. The molecule has 0 saturated carbocycles. The summed E-state index contributed by atoms with van der Waals surface area (Å²) in [5.41, 5.74) is 0.532. The minimum Gasteiger partial charge on any atom is -0.396 e. The van der Waals surface area contributed by atoms with Crippen LogP contribution in [0.5, 0.6) is 0 Å². The van der Waals surface area contributed by atoms with E-state index in [9.17, 15) is 9.18 Å². The Morgan fingerprint density at radius 2 is 2.06 bits per heavy atom. The van der Waals surface area contributed by atoms with Gasteiger partial charge in [0.25, 0.3) is 0 Å². The van der Waals surface area contributed by atoms with Crippen molar-refractivity contribution in [3.8, 4) is 0 Å². The lowest BCUT2D eigenvalue weighted by Gasteiger charge is -2.08. The van der Waals surface area contributed by atoms with Crippen molar-refractivity contribution in [2.75, 3.05) is 12.4 Å². The van der Waals surface area contributed by atoms with Gasteiger partial charge in [-0.3, -0.25) is 4.79 Å². The first-order chi connectivity index (χ1) is 7.63. The normalized spacial score (nSPS) is 12.4. The van der Waals surface area contributed by atoms with Crippen LogP contribution >= 0.6 is 11.8 Å². The number of hydrogen-bond acceptors (Lipinski definition) is 3. The lowest BCUT2D eigenvalue weighted by atomic mass is 10.1. The van der Waals surface area contributed by atoms with E-state index in [0.29, 0.717) is 17.7 Å². The lowest BCUT2D eigenvalue weighted by molar-refractivity contribution is 0.102.